The Morgan fingerprint density at radius 2 is 2.27 bits per heavy atom. The van der Waals surface area contributed by atoms with Gasteiger partial charge in [0.15, 0.2) is 0 Å². The number of alkyl halides is 2. The second-order valence-electron chi connectivity index (χ2n) is 2.58. The molecule has 82 valence electrons. The van der Waals surface area contributed by atoms with Crippen molar-refractivity contribution in [2.45, 2.75) is 6.43 Å². The molecule has 0 aliphatic carbocycles. The molecule has 0 atom stereocenters. The van der Waals surface area contributed by atoms with Crippen molar-refractivity contribution in [3.8, 4) is 5.88 Å². The van der Waals surface area contributed by atoms with Gasteiger partial charge < -0.3 is 10.5 Å². The van der Waals surface area contributed by atoms with Gasteiger partial charge in [0, 0.05) is 6.20 Å². The predicted molar refractivity (Wildman–Crippen MR) is 50.3 cm³/mol. The first-order valence-electron chi connectivity index (χ1n) is 3.79. The van der Waals surface area contributed by atoms with Crippen LogP contribution in [0.3, 0.4) is 0 Å². The van der Waals surface area contributed by atoms with Crippen LogP contribution in [0.2, 0.25) is 0 Å². The fourth-order valence-corrected chi connectivity index (χ4v) is 1.20. The van der Waals surface area contributed by atoms with Crippen molar-refractivity contribution < 1.29 is 18.3 Å². The zero-order valence-corrected chi connectivity index (χ0v) is 8.39. The summed E-state index contributed by atoms with van der Waals surface area (Å²) in [5.41, 5.74) is 4.07. The maximum atomic E-state index is 12.6. The van der Waals surface area contributed by atoms with Crippen LogP contribution in [0, 0.1) is 0 Å². The van der Waals surface area contributed by atoms with Crippen LogP contribution in [-0.2, 0) is 0 Å². The number of ether oxygens (including phenoxy) is 1. The van der Waals surface area contributed by atoms with Crippen molar-refractivity contribution in [1.29, 1.82) is 0 Å². The fraction of sp³-hybridized carbons (Fsp3) is 0.250. The number of anilines is 1. The molecular formula is C8H7ClF2N2O2. The third-order valence-corrected chi connectivity index (χ3v) is 1.95. The molecule has 0 bridgehead atoms. The van der Waals surface area contributed by atoms with Crippen molar-refractivity contribution in [1.82, 2.24) is 4.98 Å². The second kappa shape index (κ2) is 4.39. The van der Waals surface area contributed by atoms with Crippen LogP contribution in [0.5, 0.6) is 5.88 Å². The summed E-state index contributed by atoms with van der Waals surface area (Å²) in [5, 5.41) is -0.940. The van der Waals surface area contributed by atoms with Crippen molar-refractivity contribution in [3.05, 3.63) is 17.3 Å². The number of hydrogen-bond acceptors (Lipinski definition) is 4. The highest BCUT2D eigenvalue weighted by molar-refractivity contribution is 6.68. The topological polar surface area (TPSA) is 65.2 Å². The number of carbonyl (C=O) groups is 1. The average molecular weight is 237 g/mol. The first kappa shape index (κ1) is 11.6. The molecule has 0 saturated heterocycles. The molecule has 7 heteroatoms. The molecule has 1 aromatic heterocycles. The minimum absolute atomic E-state index is 0.257. The summed E-state index contributed by atoms with van der Waals surface area (Å²) in [6.07, 6.45) is -1.89. The van der Waals surface area contributed by atoms with E-state index in [2.05, 4.69) is 9.72 Å². The van der Waals surface area contributed by atoms with E-state index in [1.807, 2.05) is 0 Å². The molecule has 0 aromatic carbocycles. The predicted octanol–water partition coefficient (Wildman–Crippen LogP) is 1.99. The van der Waals surface area contributed by atoms with E-state index < -0.39 is 22.9 Å². The average Bonchev–Trinajstić information content (AvgIpc) is 2.15. The highest BCUT2D eigenvalue weighted by Crippen LogP contribution is 2.34. The van der Waals surface area contributed by atoms with E-state index in [9.17, 15) is 13.6 Å². The minimum atomic E-state index is -2.89. The molecule has 0 radical (unpaired) electrons. The van der Waals surface area contributed by atoms with E-state index in [-0.39, 0.29) is 11.4 Å². The van der Waals surface area contributed by atoms with Gasteiger partial charge in [-0.05, 0) is 11.6 Å². The number of methoxy groups -OCH3 is 1. The molecule has 0 fully saturated rings. The van der Waals surface area contributed by atoms with Crippen LogP contribution in [-0.4, -0.2) is 17.3 Å². The Labute approximate surface area is 89.0 Å². The normalized spacial score (nSPS) is 10.5. The lowest BCUT2D eigenvalue weighted by atomic mass is 10.1. The SMILES string of the molecule is COc1ncc(C(=O)Cl)c(N)c1C(F)F. The van der Waals surface area contributed by atoms with Crippen LogP contribution in [0.15, 0.2) is 6.20 Å². The first-order chi connectivity index (χ1) is 6.99. The molecule has 0 aliphatic heterocycles. The van der Waals surface area contributed by atoms with Gasteiger partial charge in [-0.3, -0.25) is 4.79 Å². The molecule has 4 nitrogen and oxygen atoms in total. The molecule has 0 aliphatic rings. The first-order valence-corrected chi connectivity index (χ1v) is 4.17. The van der Waals surface area contributed by atoms with Crippen molar-refractivity contribution >= 4 is 22.5 Å². The quantitative estimate of drug-likeness (QED) is 0.815. The molecule has 1 rings (SSSR count). The smallest absolute Gasteiger partial charge is 0.271 e. The Morgan fingerprint density at radius 1 is 1.67 bits per heavy atom. The maximum Gasteiger partial charge on any atom is 0.271 e. The van der Waals surface area contributed by atoms with E-state index >= 15 is 0 Å². The number of nitrogen functional groups attached to an aromatic ring is 1. The Hall–Kier alpha value is -1.43. The summed E-state index contributed by atoms with van der Waals surface area (Å²) < 4.78 is 29.7. The van der Waals surface area contributed by atoms with Crippen LogP contribution in [0.1, 0.15) is 22.3 Å². The van der Waals surface area contributed by atoms with Crippen LogP contribution < -0.4 is 10.5 Å². The Bertz CT molecular complexity index is 398. The van der Waals surface area contributed by atoms with Gasteiger partial charge >= 0.3 is 0 Å². The monoisotopic (exact) mass is 236 g/mol. The van der Waals surface area contributed by atoms with Gasteiger partial charge in [0.25, 0.3) is 11.7 Å². The standard InChI is InChI=1S/C8H7ClF2N2O2/c1-15-8-4(7(10)11)5(12)3(2-13-8)6(9)14/h2,7H,1H3,(H2,12,13). The maximum absolute atomic E-state index is 12.6. The number of rotatable bonds is 3. The van der Waals surface area contributed by atoms with Crippen molar-refractivity contribution in [3.63, 3.8) is 0 Å². The zero-order valence-electron chi connectivity index (χ0n) is 7.63. The number of nitrogens with zero attached hydrogens (tertiary/aromatic N) is 1. The van der Waals surface area contributed by atoms with E-state index in [4.69, 9.17) is 17.3 Å². The Morgan fingerprint density at radius 3 is 2.67 bits per heavy atom. The van der Waals surface area contributed by atoms with Gasteiger partial charge in [0.1, 0.15) is 5.56 Å². The lowest BCUT2D eigenvalue weighted by Crippen LogP contribution is -2.06. The third-order valence-electron chi connectivity index (χ3n) is 1.74. The van der Waals surface area contributed by atoms with E-state index in [1.165, 1.54) is 7.11 Å². The number of carbonyl (C=O) groups excluding carboxylic acids is 1. The zero-order chi connectivity index (χ0) is 11.6. The number of nitrogens with two attached hydrogens (primary N) is 1. The summed E-state index contributed by atoms with van der Waals surface area (Å²) in [7, 11) is 1.18. The van der Waals surface area contributed by atoms with Crippen LogP contribution in [0.25, 0.3) is 0 Å². The second-order valence-corrected chi connectivity index (χ2v) is 2.93. The summed E-state index contributed by atoms with van der Waals surface area (Å²) >= 11 is 5.14. The molecule has 2 N–H and O–H groups in total. The number of hydrogen-bond donors (Lipinski definition) is 1. The highest BCUT2D eigenvalue weighted by atomic mass is 35.5. The number of halogens is 3. The van der Waals surface area contributed by atoms with E-state index in [0.29, 0.717) is 0 Å². The fourth-order valence-electron chi connectivity index (χ4n) is 1.05. The molecule has 1 heterocycles. The molecule has 0 amide bonds. The molecule has 1 aromatic rings. The highest BCUT2D eigenvalue weighted by Gasteiger charge is 2.23. The summed E-state index contributed by atoms with van der Waals surface area (Å²) in [5.74, 6) is -0.316. The Balaban J connectivity index is 3.42. The summed E-state index contributed by atoms with van der Waals surface area (Å²) in [6.45, 7) is 0. The molecular weight excluding hydrogens is 230 g/mol. The van der Waals surface area contributed by atoms with Gasteiger partial charge in [-0.2, -0.15) is 0 Å². The largest absolute Gasteiger partial charge is 0.481 e. The lowest BCUT2D eigenvalue weighted by molar-refractivity contribution is 0.108. The van der Waals surface area contributed by atoms with Gasteiger partial charge in [0.05, 0.1) is 18.4 Å². The van der Waals surface area contributed by atoms with E-state index in [1.54, 1.807) is 0 Å². The van der Waals surface area contributed by atoms with Gasteiger partial charge in [0.2, 0.25) is 5.88 Å². The summed E-state index contributed by atoms with van der Waals surface area (Å²) in [6, 6.07) is 0. The number of aromatic nitrogens is 1. The summed E-state index contributed by atoms with van der Waals surface area (Å²) in [4.78, 5) is 14.3. The van der Waals surface area contributed by atoms with Crippen LogP contribution >= 0.6 is 11.6 Å². The van der Waals surface area contributed by atoms with Crippen LogP contribution in [0.4, 0.5) is 14.5 Å². The lowest BCUT2D eigenvalue weighted by Gasteiger charge is -2.11. The van der Waals surface area contributed by atoms with Gasteiger partial charge in [-0.25, -0.2) is 13.8 Å². The molecule has 0 spiro atoms. The minimum Gasteiger partial charge on any atom is -0.481 e. The van der Waals surface area contributed by atoms with E-state index in [0.717, 1.165) is 6.20 Å². The third kappa shape index (κ3) is 2.15. The molecule has 0 unspecified atom stereocenters. The Kier molecular flexibility index (Phi) is 3.41. The van der Waals surface area contributed by atoms with Crippen molar-refractivity contribution in [2.75, 3.05) is 12.8 Å². The van der Waals surface area contributed by atoms with Gasteiger partial charge in [-0.1, -0.05) is 0 Å². The van der Waals surface area contributed by atoms with Crippen molar-refractivity contribution in [2.24, 2.45) is 0 Å². The molecule has 0 saturated carbocycles. The van der Waals surface area contributed by atoms with Gasteiger partial charge in [-0.15, -0.1) is 0 Å². The number of pyridine rings is 1. The molecule has 15 heavy (non-hydrogen) atoms.